The van der Waals surface area contributed by atoms with Gasteiger partial charge >= 0.3 is 0 Å². The van der Waals surface area contributed by atoms with Crippen molar-refractivity contribution in [2.75, 3.05) is 12.4 Å². The zero-order valence-corrected chi connectivity index (χ0v) is 15.7. The molecule has 0 fully saturated rings. The van der Waals surface area contributed by atoms with Gasteiger partial charge in [-0.1, -0.05) is 48.2 Å². The molecule has 3 aromatic rings. The zero-order valence-electron chi connectivity index (χ0n) is 14.8. The summed E-state index contributed by atoms with van der Waals surface area (Å²) in [7, 11) is 3.49. The Morgan fingerprint density at radius 3 is 2.58 bits per heavy atom. The van der Waals surface area contributed by atoms with Crippen molar-refractivity contribution in [3.05, 3.63) is 66.0 Å². The molecule has 0 saturated heterocycles. The van der Waals surface area contributed by atoms with Crippen molar-refractivity contribution in [3.8, 4) is 5.75 Å². The molecule has 0 aliphatic carbocycles. The first-order valence-electron chi connectivity index (χ1n) is 8.11. The molecule has 0 radical (unpaired) electrons. The molecule has 1 N–H and O–H groups in total. The lowest BCUT2D eigenvalue weighted by atomic mass is 10.1. The Kier molecular flexibility index (Phi) is 5.58. The molecule has 0 aliphatic heterocycles. The second kappa shape index (κ2) is 8.05. The number of nitrogens with zero attached hydrogens (tertiary/aromatic N) is 3. The summed E-state index contributed by atoms with van der Waals surface area (Å²) in [6.45, 7) is 1.88. The smallest absolute Gasteiger partial charge is 0.242 e. The van der Waals surface area contributed by atoms with Crippen LogP contribution in [0.2, 0.25) is 0 Å². The molecular formula is C19H20N4O2S. The average Bonchev–Trinajstić information content (AvgIpc) is 2.98. The summed E-state index contributed by atoms with van der Waals surface area (Å²) in [4.78, 5) is 13.0. The van der Waals surface area contributed by atoms with E-state index in [4.69, 9.17) is 4.74 Å². The number of benzene rings is 2. The van der Waals surface area contributed by atoms with E-state index in [1.807, 2.05) is 67.1 Å². The molecule has 3 rings (SSSR count). The highest BCUT2D eigenvalue weighted by Gasteiger charge is 2.24. The molecule has 2 aromatic carbocycles. The quantitative estimate of drug-likeness (QED) is 0.673. The van der Waals surface area contributed by atoms with Gasteiger partial charge in [-0.25, -0.2) is 0 Å². The van der Waals surface area contributed by atoms with E-state index in [0.717, 1.165) is 11.4 Å². The molecule has 1 heterocycles. The number of nitrogens with one attached hydrogen (secondary N) is 1. The molecule has 0 saturated carbocycles. The maximum absolute atomic E-state index is 13.0. The molecule has 134 valence electrons. The van der Waals surface area contributed by atoms with Crippen LogP contribution in [0.25, 0.3) is 0 Å². The van der Waals surface area contributed by atoms with E-state index in [1.165, 1.54) is 11.8 Å². The van der Waals surface area contributed by atoms with E-state index in [1.54, 1.807) is 13.2 Å². The average molecular weight is 368 g/mol. The Morgan fingerprint density at radius 2 is 1.92 bits per heavy atom. The fourth-order valence-corrected chi connectivity index (χ4v) is 3.45. The topological polar surface area (TPSA) is 69.0 Å². The van der Waals surface area contributed by atoms with Gasteiger partial charge < -0.3 is 14.6 Å². The van der Waals surface area contributed by atoms with E-state index in [-0.39, 0.29) is 5.91 Å². The highest BCUT2D eigenvalue weighted by atomic mass is 32.2. The van der Waals surface area contributed by atoms with Crippen LogP contribution in [0.1, 0.15) is 16.6 Å². The van der Waals surface area contributed by atoms with Crippen molar-refractivity contribution in [2.24, 2.45) is 7.05 Å². The van der Waals surface area contributed by atoms with Crippen LogP contribution in [0.4, 0.5) is 5.69 Å². The Bertz CT molecular complexity index is 896. The first-order valence-corrected chi connectivity index (χ1v) is 8.99. The summed E-state index contributed by atoms with van der Waals surface area (Å²) < 4.78 is 7.09. The number of hydrogen-bond acceptors (Lipinski definition) is 5. The first-order chi connectivity index (χ1) is 12.6. The molecule has 7 heteroatoms. The number of ether oxygens (including phenoxy) is 1. The minimum absolute atomic E-state index is 0.130. The van der Waals surface area contributed by atoms with E-state index in [9.17, 15) is 4.79 Å². The lowest BCUT2D eigenvalue weighted by molar-refractivity contribution is -0.115. The number of carbonyl (C=O) groups is 1. The van der Waals surface area contributed by atoms with Gasteiger partial charge in [-0.05, 0) is 24.6 Å². The molecule has 0 aliphatic rings. The van der Waals surface area contributed by atoms with Crippen LogP contribution in [-0.4, -0.2) is 27.8 Å². The molecule has 1 atom stereocenters. The lowest BCUT2D eigenvalue weighted by Gasteiger charge is -2.17. The van der Waals surface area contributed by atoms with Gasteiger partial charge in [0.1, 0.15) is 16.8 Å². The molecule has 1 unspecified atom stereocenters. The standard InChI is InChI=1S/C19H20N4O2S/c1-13-21-22-19(23(13)2)26-17(14-8-5-4-6-9-14)18(24)20-15-10-7-11-16(12-15)25-3/h4-12,17H,1-3H3,(H,20,24). The van der Waals surface area contributed by atoms with Crippen molar-refractivity contribution < 1.29 is 9.53 Å². The monoisotopic (exact) mass is 368 g/mol. The summed E-state index contributed by atoms with van der Waals surface area (Å²) in [6.07, 6.45) is 0. The maximum atomic E-state index is 13.0. The van der Waals surface area contributed by atoms with Crippen LogP contribution in [0.3, 0.4) is 0 Å². The number of aryl methyl sites for hydroxylation is 1. The Morgan fingerprint density at radius 1 is 1.15 bits per heavy atom. The summed E-state index contributed by atoms with van der Waals surface area (Å²) in [5.41, 5.74) is 1.59. The van der Waals surface area contributed by atoms with Gasteiger partial charge in [-0.2, -0.15) is 0 Å². The molecule has 6 nitrogen and oxygen atoms in total. The lowest BCUT2D eigenvalue weighted by Crippen LogP contribution is -2.19. The number of carbonyl (C=O) groups excluding carboxylic acids is 1. The largest absolute Gasteiger partial charge is 0.497 e. The normalized spacial score (nSPS) is 11.8. The van der Waals surface area contributed by atoms with Crippen LogP contribution in [-0.2, 0) is 11.8 Å². The Balaban J connectivity index is 1.87. The third-order valence-corrected chi connectivity index (χ3v) is 5.24. The number of anilines is 1. The second-order valence-electron chi connectivity index (χ2n) is 5.72. The zero-order chi connectivity index (χ0) is 18.5. The highest BCUT2D eigenvalue weighted by molar-refractivity contribution is 8.00. The number of aromatic nitrogens is 3. The van der Waals surface area contributed by atoms with Crippen molar-refractivity contribution in [2.45, 2.75) is 17.3 Å². The van der Waals surface area contributed by atoms with Crippen LogP contribution in [0.5, 0.6) is 5.75 Å². The number of hydrogen-bond donors (Lipinski definition) is 1. The van der Waals surface area contributed by atoms with Gasteiger partial charge in [0.25, 0.3) is 0 Å². The Hall–Kier alpha value is -2.80. The van der Waals surface area contributed by atoms with E-state index in [0.29, 0.717) is 16.6 Å². The SMILES string of the molecule is COc1cccc(NC(=O)C(Sc2nnc(C)n2C)c2ccccc2)c1. The minimum atomic E-state index is -0.454. The van der Waals surface area contributed by atoms with Crippen molar-refractivity contribution in [3.63, 3.8) is 0 Å². The van der Waals surface area contributed by atoms with Crippen molar-refractivity contribution in [1.82, 2.24) is 14.8 Å². The van der Waals surface area contributed by atoms with Gasteiger partial charge in [0.15, 0.2) is 5.16 Å². The fraction of sp³-hybridized carbons (Fsp3) is 0.211. The summed E-state index contributed by atoms with van der Waals surface area (Å²) >= 11 is 1.37. The fourth-order valence-electron chi connectivity index (χ4n) is 2.41. The summed E-state index contributed by atoms with van der Waals surface area (Å²) in [5, 5.41) is 11.4. The molecule has 26 heavy (non-hydrogen) atoms. The third kappa shape index (κ3) is 4.05. The number of rotatable bonds is 6. The molecular weight excluding hydrogens is 348 g/mol. The van der Waals surface area contributed by atoms with Gasteiger partial charge in [0.05, 0.1) is 7.11 Å². The number of amides is 1. The highest BCUT2D eigenvalue weighted by Crippen LogP contribution is 2.35. The second-order valence-corrected chi connectivity index (χ2v) is 6.79. The minimum Gasteiger partial charge on any atom is -0.497 e. The third-order valence-electron chi connectivity index (χ3n) is 3.95. The predicted molar refractivity (Wildman–Crippen MR) is 102 cm³/mol. The molecule has 1 aromatic heterocycles. The molecule has 0 bridgehead atoms. The van der Waals surface area contributed by atoms with Crippen molar-refractivity contribution in [1.29, 1.82) is 0 Å². The van der Waals surface area contributed by atoms with Crippen molar-refractivity contribution >= 4 is 23.4 Å². The van der Waals surface area contributed by atoms with Crippen LogP contribution < -0.4 is 10.1 Å². The summed E-state index contributed by atoms with van der Waals surface area (Å²) in [6, 6.07) is 16.9. The van der Waals surface area contributed by atoms with Gasteiger partial charge in [0, 0.05) is 18.8 Å². The van der Waals surface area contributed by atoms with Crippen LogP contribution in [0.15, 0.2) is 59.8 Å². The predicted octanol–water partition coefficient (Wildman–Crippen LogP) is 3.60. The number of methoxy groups -OCH3 is 1. The van der Waals surface area contributed by atoms with Gasteiger partial charge in [0.2, 0.25) is 5.91 Å². The number of thioether (sulfide) groups is 1. The van der Waals surface area contributed by atoms with E-state index >= 15 is 0 Å². The Labute approximate surface area is 156 Å². The molecule has 1 amide bonds. The maximum Gasteiger partial charge on any atom is 0.242 e. The summed E-state index contributed by atoms with van der Waals surface area (Å²) in [5.74, 6) is 1.36. The van der Waals surface area contributed by atoms with Crippen LogP contribution >= 0.6 is 11.8 Å². The van der Waals surface area contributed by atoms with E-state index < -0.39 is 5.25 Å². The first kappa shape index (κ1) is 18.0. The van der Waals surface area contributed by atoms with Crippen LogP contribution in [0, 0.1) is 6.92 Å². The van der Waals surface area contributed by atoms with Gasteiger partial charge in [-0.15, -0.1) is 10.2 Å². The van der Waals surface area contributed by atoms with E-state index in [2.05, 4.69) is 15.5 Å². The molecule has 0 spiro atoms. The van der Waals surface area contributed by atoms with Gasteiger partial charge in [-0.3, -0.25) is 4.79 Å².